The normalized spacial score (nSPS) is 32.4. The molecule has 0 bridgehead atoms. The van der Waals surface area contributed by atoms with Crippen molar-refractivity contribution in [3.63, 3.8) is 0 Å². The van der Waals surface area contributed by atoms with Gasteiger partial charge in [-0.1, -0.05) is 13.0 Å². The quantitative estimate of drug-likeness (QED) is 0.145. The highest BCUT2D eigenvalue weighted by Crippen LogP contribution is 2.34. The van der Waals surface area contributed by atoms with Crippen LogP contribution in [0.5, 0.6) is 0 Å². The lowest BCUT2D eigenvalue weighted by Gasteiger charge is -2.17. The number of hydrogen-bond acceptors (Lipinski definition) is 7. The van der Waals surface area contributed by atoms with Gasteiger partial charge < -0.3 is 31.9 Å². The molecular formula is C21H34N6O3S2. The van der Waals surface area contributed by atoms with Crippen molar-refractivity contribution < 1.29 is 14.4 Å². The lowest BCUT2D eigenvalue weighted by Crippen LogP contribution is -2.38. The molecule has 6 atom stereocenters. The predicted octanol–water partition coefficient (Wildman–Crippen LogP) is 0.589. The van der Waals surface area contributed by atoms with Gasteiger partial charge in [0.05, 0.1) is 36.7 Å². The second-order valence-electron chi connectivity index (χ2n) is 8.91. The number of carbonyl (C=O) groups is 3. The van der Waals surface area contributed by atoms with Gasteiger partial charge in [-0.2, -0.15) is 23.5 Å². The molecule has 0 aliphatic carbocycles. The Morgan fingerprint density at radius 3 is 2.16 bits per heavy atom. The van der Waals surface area contributed by atoms with Crippen LogP contribution in [0.25, 0.3) is 0 Å². The zero-order valence-corrected chi connectivity index (χ0v) is 19.9. The molecule has 4 fully saturated rings. The Bertz CT molecular complexity index is 738. The van der Waals surface area contributed by atoms with E-state index < -0.39 is 0 Å². The van der Waals surface area contributed by atoms with Gasteiger partial charge in [-0.3, -0.25) is 9.59 Å². The van der Waals surface area contributed by atoms with Crippen LogP contribution in [0.1, 0.15) is 44.9 Å². The molecule has 0 saturated carbocycles. The summed E-state index contributed by atoms with van der Waals surface area (Å²) in [6.07, 6.45) is 5.53. The molecule has 0 aromatic heterocycles. The van der Waals surface area contributed by atoms with Crippen LogP contribution in [-0.2, 0) is 9.59 Å². The zero-order chi connectivity index (χ0) is 22.5. The highest BCUT2D eigenvalue weighted by molar-refractivity contribution is 8.00. The van der Waals surface area contributed by atoms with Crippen LogP contribution >= 0.6 is 23.5 Å². The summed E-state index contributed by atoms with van der Waals surface area (Å²) in [6.45, 7) is 4.12. The molecule has 9 nitrogen and oxygen atoms in total. The topological polar surface area (TPSA) is 123 Å². The molecule has 178 valence electrons. The van der Waals surface area contributed by atoms with Gasteiger partial charge in [0.2, 0.25) is 11.8 Å². The van der Waals surface area contributed by atoms with Crippen LogP contribution in [0.2, 0.25) is 0 Å². The molecule has 6 unspecified atom stereocenters. The summed E-state index contributed by atoms with van der Waals surface area (Å²) in [5.74, 6) is 2.88. The van der Waals surface area contributed by atoms with E-state index >= 15 is 0 Å². The molecular weight excluding hydrogens is 448 g/mol. The maximum atomic E-state index is 12.1. The minimum absolute atomic E-state index is 0.0215. The highest BCUT2D eigenvalue weighted by atomic mass is 32.2. The summed E-state index contributed by atoms with van der Waals surface area (Å²) >= 11 is 3.85. The lowest BCUT2D eigenvalue weighted by molar-refractivity contribution is -0.123. The van der Waals surface area contributed by atoms with Gasteiger partial charge >= 0.3 is 6.03 Å². The van der Waals surface area contributed by atoms with Crippen LogP contribution in [0.15, 0.2) is 12.4 Å². The van der Waals surface area contributed by atoms with E-state index in [0.29, 0.717) is 35.4 Å². The third-order valence-electron chi connectivity index (χ3n) is 6.57. The SMILES string of the molecule is C=C1NC2CSC(CCCC(=O)NCNC(=O)CCCCC3SCC4NC(=O)NC43)C2N1. The Hall–Kier alpha value is -1.75. The summed E-state index contributed by atoms with van der Waals surface area (Å²) < 4.78 is 0. The summed E-state index contributed by atoms with van der Waals surface area (Å²) in [6, 6.07) is 1.27. The number of amides is 4. The Morgan fingerprint density at radius 2 is 1.44 bits per heavy atom. The van der Waals surface area contributed by atoms with Crippen LogP contribution in [0, 0.1) is 0 Å². The number of fused-ring (bicyclic) bond motifs is 2. The van der Waals surface area contributed by atoms with Gasteiger partial charge in [0.25, 0.3) is 0 Å². The zero-order valence-electron chi connectivity index (χ0n) is 18.3. The predicted molar refractivity (Wildman–Crippen MR) is 128 cm³/mol. The molecule has 4 amide bonds. The van der Waals surface area contributed by atoms with Crippen molar-refractivity contribution in [2.24, 2.45) is 0 Å². The fourth-order valence-corrected chi connectivity index (χ4v) is 7.99. The number of rotatable bonds is 11. The maximum absolute atomic E-state index is 12.1. The Labute approximate surface area is 197 Å². The maximum Gasteiger partial charge on any atom is 0.315 e. The van der Waals surface area contributed by atoms with E-state index in [1.54, 1.807) is 0 Å². The minimum atomic E-state index is -0.0628. The third kappa shape index (κ3) is 5.98. The van der Waals surface area contributed by atoms with E-state index in [2.05, 4.69) is 38.5 Å². The minimum Gasteiger partial charge on any atom is -0.367 e. The fourth-order valence-electron chi connectivity index (χ4n) is 4.90. The van der Waals surface area contributed by atoms with Crippen molar-refractivity contribution in [1.29, 1.82) is 0 Å². The molecule has 0 radical (unpaired) electrons. The van der Waals surface area contributed by atoms with Gasteiger partial charge in [-0.25, -0.2) is 4.79 Å². The van der Waals surface area contributed by atoms with E-state index in [4.69, 9.17) is 0 Å². The van der Waals surface area contributed by atoms with Crippen LogP contribution < -0.4 is 31.9 Å². The first-order valence-electron chi connectivity index (χ1n) is 11.5. The molecule has 4 saturated heterocycles. The first-order valence-corrected chi connectivity index (χ1v) is 13.6. The second kappa shape index (κ2) is 10.9. The van der Waals surface area contributed by atoms with Crippen molar-refractivity contribution >= 4 is 41.4 Å². The lowest BCUT2D eigenvalue weighted by atomic mass is 10.0. The van der Waals surface area contributed by atoms with E-state index in [9.17, 15) is 14.4 Å². The van der Waals surface area contributed by atoms with Crippen LogP contribution in [0.4, 0.5) is 4.79 Å². The number of thioether (sulfide) groups is 2. The second-order valence-corrected chi connectivity index (χ2v) is 11.5. The Kier molecular flexibility index (Phi) is 7.98. The third-order valence-corrected chi connectivity index (χ3v) is 9.59. The summed E-state index contributed by atoms with van der Waals surface area (Å²) in [7, 11) is 0. The molecule has 11 heteroatoms. The molecule has 4 heterocycles. The average Bonchev–Trinajstić information content (AvgIpc) is 3.48. The monoisotopic (exact) mass is 482 g/mol. The van der Waals surface area contributed by atoms with Gasteiger partial charge in [-0.05, 0) is 25.7 Å². The first-order chi connectivity index (χ1) is 15.5. The van der Waals surface area contributed by atoms with Crippen molar-refractivity contribution in [3.05, 3.63) is 12.4 Å². The average molecular weight is 483 g/mol. The standard InChI is InChI=1S/C21H34N6O3S2/c1-12-24-13-9-31-16(19(13)25-12)6-4-8-18(29)23-11-22-17(28)7-3-2-5-15-20-14(10-32-15)26-21(30)27-20/h13-16,19-20,24-25H,1-11H2,(H,22,28)(H,23,29)(H2,26,27,30). The number of unbranched alkanes of at least 4 members (excludes halogenated alkanes) is 1. The first kappa shape index (κ1) is 23.4. The Morgan fingerprint density at radius 1 is 0.844 bits per heavy atom. The summed E-state index contributed by atoms with van der Waals surface area (Å²) in [4.78, 5) is 35.5. The van der Waals surface area contributed by atoms with Crippen molar-refractivity contribution in [2.45, 2.75) is 79.6 Å². The van der Waals surface area contributed by atoms with Crippen LogP contribution in [-0.4, -0.2) is 70.7 Å². The van der Waals surface area contributed by atoms with Gasteiger partial charge in [0, 0.05) is 34.8 Å². The van der Waals surface area contributed by atoms with Crippen molar-refractivity contribution in [1.82, 2.24) is 31.9 Å². The smallest absolute Gasteiger partial charge is 0.315 e. The van der Waals surface area contributed by atoms with E-state index in [-0.39, 0.29) is 36.6 Å². The van der Waals surface area contributed by atoms with Gasteiger partial charge in [0.15, 0.2) is 0 Å². The van der Waals surface area contributed by atoms with Crippen molar-refractivity contribution in [3.8, 4) is 0 Å². The number of nitrogens with one attached hydrogen (secondary N) is 6. The number of urea groups is 1. The molecule has 6 N–H and O–H groups in total. The van der Waals surface area contributed by atoms with E-state index in [1.165, 1.54) is 0 Å². The number of hydrogen-bond donors (Lipinski definition) is 6. The summed E-state index contributed by atoms with van der Waals surface area (Å²) in [5, 5.41) is 19.2. The van der Waals surface area contributed by atoms with Gasteiger partial charge in [-0.15, -0.1) is 0 Å². The molecule has 4 aliphatic heterocycles. The molecule has 4 aliphatic rings. The van der Waals surface area contributed by atoms with E-state index in [1.807, 2.05) is 23.5 Å². The largest absolute Gasteiger partial charge is 0.367 e. The fraction of sp³-hybridized carbons (Fsp3) is 0.762. The summed E-state index contributed by atoms with van der Waals surface area (Å²) in [5.41, 5.74) is 0. The molecule has 32 heavy (non-hydrogen) atoms. The molecule has 0 spiro atoms. The van der Waals surface area contributed by atoms with Crippen LogP contribution in [0.3, 0.4) is 0 Å². The van der Waals surface area contributed by atoms with Gasteiger partial charge in [0.1, 0.15) is 0 Å². The van der Waals surface area contributed by atoms with E-state index in [0.717, 1.165) is 49.4 Å². The number of carbonyl (C=O) groups excluding carboxylic acids is 3. The molecule has 4 rings (SSSR count). The molecule has 0 aromatic carbocycles. The van der Waals surface area contributed by atoms with Crippen molar-refractivity contribution in [2.75, 3.05) is 18.2 Å². The molecule has 0 aromatic rings. The Balaban J connectivity index is 0.997. The highest BCUT2D eigenvalue weighted by Gasteiger charge is 2.42.